The number of nitrogens with one attached hydrogen (secondary N) is 1. The number of urea groups is 1. The Balaban J connectivity index is 1.87. The normalized spacial score (nSPS) is 34.6. The largest absolute Gasteiger partial charge is 0.481 e. The molecular weight excluding hydrogens is 256 g/mol. The number of amides is 2. The van der Waals surface area contributed by atoms with Crippen LogP contribution < -0.4 is 5.32 Å². The number of carboxylic acid groups (broad SMARTS) is 1. The number of likely N-dealkylation sites (tertiary alicyclic amines) is 1. The van der Waals surface area contributed by atoms with E-state index in [2.05, 4.69) is 12.2 Å². The van der Waals surface area contributed by atoms with Crippen LogP contribution in [0, 0.1) is 11.8 Å². The topological polar surface area (TPSA) is 69.6 Å². The molecule has 2 N–H and O–H groups in total. The average molecular weight is 282 g/mol. The van der Waals surface area contributed by atoms with Gasteiger partial charge in [0.25, 0.3) is 0 Å². The number of aliphatic carboxylic acids is 1. The standard InChI is InChI=1S/C15H26N2O3/c1-10-4-3-5-12(7-6-10)16-15(20)17-9-8-13(11(17)2)14(18)19/h10-13H,3-9H2,1-2H3,(H,16,20)(H,18,19). The molecule has 2 rings (SSSR count). The van der Waals surface area contributed by atoms with Crippen LogP contribution in [0.2, 0.25) is 0 Å². The monoisotopic (exact) mass is 282 g/mol. The van der Waals surface area contributed by atoms with Gasteiger partial charge in [-0.2, -0.15) is 0 Å². The van der Waals surface area contributed by atoms with Gasteiger partial charge in [0, 0.05) is 18.6 Å². The summed E-state index contributed by atoms with van der Waals surface area (Å²) in [5.41, 5.74) is 0. The van der Waals surface area contributed by atoms with Crippen molar-refractivity contribution >= 4 is 12.0 Å². The number of hydrogen-bond donors (Lipinski definition) is 2. The van der Waals surface area contributed by atoms with Crippen LogP contribution in [0.5, 0.6) is 0 Å². The molecule has 1 saturated carbocycles. The number of nitrogens with zero attached hydrogens (tertiary/aromatic N) is 1. The zero-order chi connectivity index (χ0) is 14.7. The van der Waals surface area contributed by atoms with Crippen molar-refractivity contribution in [2.75, 3.05) is 6.54 Å². The first-order valence-corrected chi connectivity index (χ1v) is 7.79. The molecule has 5 heteroatoms. The van der Waals surface area contributed by atoms with E-state index in [4.69, 9.17) is 5.11 Å². The van der Waals surface area contributed by atoms with E-state index in [1.807, 2.05) is 6.92 Å². The van der Waals surface area contributed by atoms with Gasteiger partial charge in [-0.05, 0) is 38.5 Å². The zero-order valence-electron chi connectivity index (χ0n) is 12.5. The number of rotatable bonds is 2. The van der Waals surface area contributed by atoms with E-state index in [1.165, 1.54) is 12.8 Å². The van der Waals surface area contributed by atoms with Crippen LogP contribution in [0.1, 0.15) is 52.4 Å². The molecular formula is C15H26N2O3. The van der Waals surface area contributed by atoms with Gasteiger partial charge in [-0.3, -0.25) is 4.79 Å². The molecule has 114 valence electrons. The highest BCUT2D eigenvalue weighted by molar-refractivity contribution is 5.78. The maximum absolute atomic E-state index is 12.3. The van der Waals surface area contributed by atoms with Gasteiger partial charge in [0.2, 0.25) is 0 Å². The molecule has 0 bridgehead atoms. The SMILES string of the molecule is CC1CCCC(NC(=O)N2CCC(C(=O)O)C2C)CC1. The van der Waals surface area contributed by atoms with Crippen molar-refractivity contribution in [2.24, 2.45) is 11.8 Å². The molecule has 0 aromatic heterocycles. The van der Waals surface area contributed by atoms with Gasteiger partial charge in [-0.15, -0.1) is 0 Å². The maximum atomic E-state index is 12.3. The van der Waals surface area contributed by atoms with Crippen LogP contribution in [0.15, 0.2) is 0 Å². The average Bonchev–Trinajstić information content (AvgIpc) is 2.66. The Morgan fingerprint density at radius 2 is 1.85 bits per heavy atom. The summed E-state index contributed by atoms with van der Waals surface area (Å²) in [6.45, 7) is 4.65. The minimum absolute atomic E-state index is 0.0826. The molecule has 4 atom stereocenters. The lowest BCUT2D eigenvalue weighted by molar-refractivity contribution is -0.142. The fourth-order valence-electron chi connectivity index (χ4n) is 3.45. The number of carbonyl (C=O) groups is 2. The predicted octanol–water partition coefficient (Wildman–Crippen LogP) is 2.46. The van der Waals surface area contributed by atoms with Crippen molar-refractivity contribution in [1.82, 2.24) is 10.2 Å². The highest BCUT2D eigenvalue weighted by Crippen LogP contribution is 2.26. The number of carbonyl (C=O) groups excluding carboxylic acids is 1. The molecule has 0 aromatic carbocycles. The second kappa shape index (κ2) is 6.46. The summed E-state index contributed by atoms with van der Waals surface area (Å²) in [4.78, 5) is 25.1. The molecule has 0 spiro atoms. The molecule has 2 fully saturated rings. The molecule has 1 heterocycles. The van der Waals surface area contributed by atoms with Gasteiger partial charge >= 0.3 is 12.0 Å². The lowest BCUT2D eigenvalue weighted by atomic mass is 10.0. The molecule has 1 aliphatic heterocycles. The molecule has 0 aromatic rings. The maximum Gasteiger partial charge on any atom is 0.317 e. The molecule has 2 aliphatic rings. The van der Waals surface area contributed by atoms with Gasteiger partial charge in [-0.1, -0.05) is 19.8 Å². The first-order chi connectivity index (χ1) is 9.49. The first-order valence-electron chi connectivity index (χ1n) is 7.79. The smallest absolute Gasteiger partial charge is 0.317 e. The van der Waals surface area contributed by atoms with Crippen LogP contribution in [-0.2, 0) is 4.79 Å². The minimum Gasteiger partial charge on any atom is -0.481 e. The van der Waals surface area contributed by atoms with Crippen LogP contribution >= 0.6 is 0 Å². The third-order valence-electron chi connectivity index (χ3n) is 4.92. The summed E-state index contributed by atoms with van der Waals surface area (Å²) in [6.07, 6.45) is 6.22. The van der Waals surface area contributed by atoms with Crippen molar-refractivity contribution in [3.8, 4) is 0 Å². The number of carboxylic acids is 1. The Kier molecular flexibility index (Phi) is 4.89. The summed E-state index contributed by atoms with van der Waals surface area (Å²) in [5, 5.41) is 12.2. The summed E-state index contributed by atoms with van der Waals surface area (Å²) < 4.78 is 0. The van der Waals surface area contributed by atoms with E-state index in [0.717, 1.165) is 25.2 Å². The van der Waals surface area contributed by atoms with Gasteiger partial charge < -0.3 is 15.3 Å². The lowest BCUT2D eigenvalue weighted by Gasteiger charge is -2.26. The third-order valence-corrected chi connectivity index (χ3v) is 4.92. The van der Waals surface area contributed by atoms with E-state index in [9.17, 15) is 9.59 Å². The molecule has 4 unspecified atom stereocenters. The van der Waals surface area contributed by atoms with Crippen LogP contribution in [-0.4, -0.2) is 40.6 Å². The van der Waals surface area contributed by atoms with Gasteiger partial charge in [-0.25, -0.2) is 4.79 Å². The second-order valence-electron chi connectivity index (χ2n) is 6.43. The zero-order valence-corrected chi connectivity index (χ0v) is 12.5. The predicted molar refractivity (Wildman–Crippen MR) is 76.5 cm³/mol. The fourth-order valence-corrected chi connectivity index (χ4v) is 3.45. The molecule has 1 saturated heterocycles. The molecule has 1 aliphatic carbocycles. The van der Waals surface area contributed by atoms with Crippen molar-refractivity contribution in [3.63, 3.8) is 0 Å². The first kappa shape index (κ1) is 15.1. The summed E-state index contributed by atoms with van der Waals surface area (Å²) >= 11 is 0. The van der Waals surface area contributed by atoms with E-state index < -0.39 is 11.9 Å². The van der Waals surface area contributed by atoms with Crippen LogP contribution in [0.3, 0.4) is 0 Å². The quantitative estimate of drug-likeness (QED) is 0.764. The van der Waals surface area contributed by atoms with E-state index in [1.54, 1.807) is 4.90 Å². The Morgan fingerprint density at radius 1 is 1.10 bits per heavy atom. The Morgan fingerprint density at radius 3 is 2.50 bits per heavy atom. The molecule has 5 nitrogen and oxygen atoms in total. The van der Waals surface area contributed by atoms with Crippen molar-refractivity contribution in [3.05, 3.63) is 0 Å². The van der Waals surface area contributed by atoms with Gasteiger partial charge in [0.15, 0.2) is 0 Å². The highest BCUT2D eigenvalue weighted by atomic mass is 16.4. The van der Waals surface area contributed by atoms with Crippen molar-refractivity contribution in [1.29, 1.82) is 0 Å². The highest BCUT2D eigenvalue weighted by Gasteiger charge is 2.38. The molecule has 2 amide bonds. The van der Waals surface area contributed by atoms with Crippen molar-refractivity contribution < 1.29 is 14.7 Å². The fraction of sp³-hybridized carbons (Fsp3) is 0.867. The Hall–Kier alpha value is -1.26. The van der Waals surface area contributed by atoms with E-state index in [0.29, 0.717) is 13.0 Å². The van der Waals surface area contributed by atoms with Gasteiger partial charge in [0.05, 0.1) is 5.92 Å². The molecule has 0 radical (unpaired) electrons. The second-order valence-corrected chi connectivity index (χ2v) is 6.43. The Bertz CT molecular complexity index is 372. The molecule has 20 heavy (non-hydrogen) atoms. The lowest BCUT2D eigenvalue weighted by Crippen LogP contribution is -2.47. The van der Waals surface area contributed by atoms with Crippen LogP contribution in [0.25, 0.3) is 0 Å². The van der Waals surface area contributed by atoms with Crippen LogP contribution in [0.4, 0.5) is 4.79 Å². The minimum atomic E-state index is -0.795. The van der Waals surface area contributed by atoms with Crippen molar-refractivity contribution in [2.45, 2.75) is 64.5 Å². The Labute approximate surface area is 120 Å². The summed E-state index contributed by atoms with van der Waals surface area (Å²) in [5.74, 6) is -0.468. The third kappa shape index (κ3) is 3.44. The van der Waals surface area contributed by atoms with E-state index >= 15 is 0 Å². The van der Waals surface area contributed by atoms with E-state index in [-0.39, 0.29) is 18.1 Å². The summed E-state index contributed by atoms with van der Waals surface area (Å²) in [6, 6.07) is -0.0402. The van der Waals surface area contributed by atoms with Gasteiger partial charge in [0.1, 0.15) is 0 Å². The number of hydrogen-bond acceptors (Lipinski definition) is 2. The summed E-state index contributed by atoms with van der Waals surface area (Å²) in [7, 11) is 0.